The molecular formula is C22H28N2O4S. The number of sulfonamides is 1. The van der Waals surface area contributed by atoms with Crippen molar-refractivity contribution < 1.29 is 17.9 Å². The Morgan fingerprint density at radius 3 is 2.21 bits per heavy atom. The average Bonchev–Trinajstić information content (AvgIpc) is 2.73. The van der Waals surface area contributed by atoms with Crippen LogP contribution in [-0.4, -0.2) is 45.5 Å². The summed E-state index contributed by atoms with van der Waals surface area (Å²) in [6, 6.07) is 13.5. The van der Waals surface area contributed by atoms with Crippen LogP contribution in [0.1, 0.15) is 31.7 Å². The SMILES string of the molecule is CCOc1ccc(N(CC(=O)N2CCCCC2)S(=O)(=O)c2ccc(C)cc2)cc1. The van der Waals surface area contributed by atoms with E-state index in [1.807, 2.05) is 13.8 Å². The molecular weight excluding hydrogens is 388 g/mol. The lowest BCUT2D eigenvalue weighted by Gasteiger charge is -2.30. The summed E-state index contributed by atoms with van der Waals surface area (Å²) < 4.78 is 33.4. The van der Waals surface area contributed by atoms with E-state index in [9.17, 15) is 13.2 Å². The monoisotopic (exact) mass is 416 g/mol. The highest BCUT2D eigenvalue weighted by molar-refractivity contribution is 7.92. The van der Waals surface area contributed by atoms with Crippen LogP contribution in [-0.2, 0) is 14.8 Å². The average molecular weight is 417 g/mol. The van der Waals surface area contributed by atoms with Gasteiger partial charge >= 0.3 is 0 Å². The minimum absolute atomic E-state index is 0.170. The van der Waals surface area contributed by atoms with Crippen molar-refractivity contribution >= 4 is 21.6 Å². The van der Waals surface area contributed by atoms with Crippen LogP contribution in [0.3, 0.4) is 0 Å². The zero-order chi connectivity index (χ0) is 20.9. The van der Waals surface area contributed by atoms with Crippen LogP contribution in [0.15, 0.2) is 53.4 Å². The molecule has 2 aromatic carbocycles. The summed E-state index contributed by atoms with van der Waals surface area (Å²) in [6.07, 6.45) is 3.02. The molecule has 0 N–H and O–H groups in total. The number of anilines is 1. The number of amides is 1. The number of carbonyl (C=O) groups excluding carboxylic acids is 1. The van der Waals surface area contributed by atoms with Crippen molar-refractivity contribution in [3.05, 3.63) is 54.1 Å². The third-order valence-electron chi connectivity index (χ3n) is 5.03. The van der Waals surface area contributed by atoms with Gasteiger partial charge in [0.2, 0.25) is 5.91 Å². The van der Waals surface area contributed by atoms with Gasteiger partial charge < -0.3 is 9.64 Å². The second-order valence-corrected chi connectivity index (χ2v) is 9.06. The van der Waals surface area contributed by atoms with E-state index in [0.717, 1.165) is 24.8 Å². The molecule has 0 saturated carbocycles. The number of nitrogens with zero attached hydrogens (tertiary/aromatic N) is 2. The topological polar surface area (TPSA) is 66.9 Å². The first-order chi connectivity index (χ1) is 13.9. The fourth-order valence-electron chi connectivity index (χ4n) is 3.39. The summed E-state index contributed by atoms with van der Waals surface area (Å²) in [4.78, 5) is 14.8. The Labute approximate surface area is 173 Å². The molecule has 0 spiro atoms. The molecule has 1 aliphatic heterocycles. The molecule has 0 radical (unpaired) electrons. The van der Waals surface area contributed by atoms with Crippen molar-refractivity contribution in [3.63, 3.8) is 0 Å². The predicted octanol–water partition coefficient (Wildman–Crippen LogP) is 3.60. The van der Waals surface area contributed by atoms with Crippen molar-refractivity contribution in [2.45, 2.75) is 38.0 Å². The van der Waals surface area contributed by atoms with Gasteiger partial charge in [0.1, 0.15) is 12.3 Å². The van der Waals surface area contributed by atoms with Gasteiger partial charge in [-0.3, -0.25) is 9.10 Å². The van der Waals surface area contributed by atoms with Gasteiger partial charge in [-0.15, -0.1) is 0 Å². The van der Waals surface area contributed by atoms with Crippen LogP contribution in [0.4, 0.5) is 5.69 Å². The molecule has 156 valence electrons. The number of hydrogen-bond donors (Lipinski definition) is 0. The Morgan fingerprint density at radius 2 is 1.62 bits per heavy atom. The van der Waals surface area contributed by atoms with Gasteiger partial charge in [0, 0.05) is 13.1 Å². The minimum atomic E-state index is -3.88. The summed E-state index contributed by atoms with van der Waals surface area (Å²) in [5, 5.41) is 0. The van der Waals surface area contributed by atoms with Gasteiger partial charge in [0.05, 0.1) is 17.2 Å². The van der Waals surface area contributed by atoms with E-state index in [0.29, 0.717) is 31.1 Å². The standard InChI is InChI=1S/C22H28N2O4S/c1-3-28-20-11-9-19(10-12-20)24(17-22(25)23-15-5-4-6-16-23)29(26,27)21-13-7-18(2)8-14-21/h7-14H,3-6,15-17H2,1-2H3. The first-order valence-electron chi connectivity index (χ1n) is 10.0. The van der Waals surface area contributed by atoms with Crippen molar-refractivity contribution in [1.82, 2.24) is 4.90 Å². The van der Waals surface area contributed by atoms with Crippen LogP contribution in [0, 0.1) is 6.92 Å². The fourth-order valence-corrected chi connectivity index (χ4v) is 4.81. The van der Waals surface area contributed by atoms with E-state index in [1.165, 1.54) is 4.31 Å². The molecule has 1 amide bonds. The zero-order valence-corrected chi connectivity index (χ0v) is 17.8. The zero-order valence-electron chi connectivity index (χ0n) is 17.0. The Bertz CT molecular complexity index is 918. The number of rotatable bonds is 7. The number of carbonyl (C=O) groups is 1. The van der Waals surface area contributed by atoms with Crippen LogP contribution in [0.5, 0.6) is 5.75 Å². The summed E-state index contributed by atoms with van der Waals surface area (Å²) in [5.74, 6) is 0.487. The van der Waals surface area contributed by atoms with Crippen LogP contribution in [0.25, 0.3) is 0 Å². The van der Waals surface area contributed by atoms with Crippen LogP contribution >= 0.6 is 0 Å². The lowest BCUT2D eigenvalue weighted by molar-refractivity contribution is -0.130. The van der Waals surface area contributed by atoms with Gasteiger partial charge in [-0.1, -0.05) is 17.7 Å². The molecule has 2 aromatic rings. The van der Waals surface area contributed by atoms with E-state index in [4.69, 9.17) is 4.74 Å². The van der Waals surface area contributed by atoms with E-state index in [-0.39, 0.29) is 17.3 Å². The third-order valence-corrected chi connectivity index (χ3v) is 6.82. The Kier molecular flexibility index (Phi) is 6.79. The maximum atomic E-state index is 13.4. The summed E-state index contributed by atoms with van der Waals surface area (Å²) in [6.45, 7) is 5.46. The van der Waals surface area contributed by atoms with E-state index < -0.39 is 10.0 Å². The molecule has 6 nitrogen and oxygen atoms in total. The number of benzene rings is 2. The van der Waals surface area contributed by atoms with Gasteiger partial charge in [-0.2, -0.15) is 0 Å². The summed E-state index contributed by atoms with van der Waals surface area (Å²) in [5.41, 5.74) is 1.42. The number of likely N-dealkylation sites (tertiary alicyclic amines) is 1. The van der Waals surface area contributed by atoms with Gasteiger partial charge in [0.15, 0.2) is 0 Å². The second-order valence-electron chi connectivity index (χ2n) is 7.19. The normalized spacial score (nSPS) is 14.5. The van der Waals surface area contributed by atoms with Gasteiger partial charge in [-0.05, 0) is 69.5 Å². The van der Waals surface area contributed by atoms with Crippen molar-refractivity contribution in [2.75, 3.05) is 30.5 Å². The molecule has 0 aromatic heterocycles. The smallest absolute Gasteiger partial charge is 0.264 e. The van der Waals surface area contributed by atoms with Crippen LogP contribution < -0.4 is 9.04 Å². The summed E-state index contributed by atoms with van der Waals surface area (Å²) in [7, 11) is -3.88. The first kappa shape index (κ1) is 21.2. The van der Waals surface area contributed by atoms with E-state index in [2.05, 4.69) is 0 Å². The third kappa shape index (κ3) is 5.09. The first-order valence-corrected chi connectivity index (χ1v) is 11.5. The lowest BCUT2D eigenvalue weighted by atomic mass is 10.1. The minimum Gasteiger partial charge on any atom is -0.494 e. The molecule has 1 aliphatic rings. The number of ether oxygens (including phenoxy) is 1. The molecule has 0 unspecified atom stereocenters. The largest absolute Gasteiger partial charge is 0.494 e. The van der Waals surface area contributed by atoms with Crippen molar-refractivity contribution in [1.29, 1.82) is 0 Å². The molecule has 7 heteroatoms. The molecule has 0 aliphatic carbocycles. The number of piperidine rings is 1. The maximum absolute atomic E-state index is 13.4. The summed E-state index contributed by atoms with van der Waals surface area (Å²) >= 11 is 0. The molecule has 1 saturated heterocycles. The van der Waals surface area contributed by atoms with Gasteiger partial charge in [0.25, 0.3) is 10.0 Å². The van der Waals surface area contributed by atoms with E-state index >= 15 is 0 Å². The molecule has 0 bridgehead atoms. The predicted molar refractivity (Wildman–Crippen MR) is 114 cm³/mol. The Morgan fingerprint density at radius 1 is 1.00 bits per heavy atom. The Hall–Kier alpha value is -2.54. The highest BCUT2D eigenvalue weighted by atomic mass is 32.2. The molecule has 3 rings (SSSR count). The van der Waals surface area contributed by atoms with Crippen molar-refractivity contribution in [2.24, 2.45) is 0 Å². The van der Waals surface area contributed by atoms with E-state index in [1.54, 1.807) is 53.4 Å². The molecule has 1 fully saturated rings. The molecule has 29 heavy (non-hydrogen) atoms. The van der Waals surface area contributed by atoms with Crippen LogP contribution in [0.2, 0.25) is 0 Å². The van der Waals surface area contributed by atoms with Gasteiger partial charge in [-0.25, -0.2) is 8.42 Å². The molecule has 0 atom stereocenters. The highest BCUT2D eigenvalue weighted by Gasteiger charge is 2.29. The fraction of sp³-hybridized carbons (Fsp3) is 0.409. The maximum Gasteiger partial charge on any atom is 0.264 e. The quantitative estimate of drug-likeness (QED) is 0.692. The lowest BCUT2D eigenvalue weighted by Crippen LogP contribution is -2.44. The Balaban J connectivity index is 1.93. The highest BCUT2D eigenvalue weighted by Crippen LogP contribution is 2.26. The second kappa shape index (κ2) is 9.31. The number of hydrogen-bond acceptors (Lipinski definition) is 4. The number of aryl methyl sites for hydroxylation is 1. The van der Waals surface area contributed by atoms with Crippen molar-refractivity contribution in [3.8, 4) is 5.75 Å². The molecule has 1 heterocycles.